The van der Waals surface area contributed by atoms with Crippen LogP contribution in [0.1, 0.15) is 24.4 Å². The molecule has 0 bridgehead atoms. The molecule has 3 rings (SSSR count). The van der Waals surface area contributed by atoms with Crippen molar-refractivity contribution >= 4 is 41.3 Å². The lowest BCUT2D eigenvalue weighted by Gasteiger charge is -2.36. The molecule has 6 nitrogen and oxygen atoms in total. The monoisotopic (exact) mass is 503 g/mol. The third kappa shape index (κ3) is 7.08. The van der Waals surface area contributed by atoms with Crippen LogP contribution in [0.2, 0.25) is 0 Å². The lowest BCUT2D eigenvalue weighted by molar-refractivity contribution is 0.169. The Morgan fingerprint density at radius 1 is 1.33 bits per heavy atom. The summed E-state index contributed by atoms with van der Waals surface area (Å²) in [5.41, 5.74) is 1.00. The van der Waals surface area contributed by atoms with Crippen molar-refractivity contribution in [1.29, 1.82) is 0 Å². The number of guanidine groups is 1. The van der Waals surface area contributed by atoms with Crippen LogP contribution in [0, 0.1) is 5.92 Å². The predicted octanol–water partition coefficient (Wildman–Crippen LogP) is 3.32. The van der Waals surface area contributed by atoms with Gasteiger partial charge in [-0.3, -0.25) is 9.89 Å². The van der Waals surface area contributed by atoms with Crippen molar-refractivity contribution in [2.24, 2.45) is 10.9 Å². The summed E-state index contributed by atoms with van der Waals surface area (Å²) in [4.78, 5) is 11.1. The third-order valence-electron chi connectivity index (χ3n) is 4.57. The molecule has 150 valence electrons. The average Bonchev–Trinajstić information content (AvgIpc) is 3.33. The molecule has 1 aliphatic rings. The highest BCUT2D eigenvalue weighted by Crippen LogP contribution is 2.15. The van der Waals surface area contributed by atoms with Gasteiger partial charge in [0.25, 0.3) is 0 Å². The van der Waals surface area contributed by atoms with E-state index in [1.807, 2.05) is 17.4 Å². The van der Waals surface area contributed by atoms with Crippen molar-refractivity contribution in [1.82, 2.24) is 20.3 Å². The first-order valence-corrected chi connectivity index (χ1v) is 10.3. The Morgan fingerprint density at radius 2 is 2.15 bits per heavy atom. The van der Waals surface area contributed by atoms with Crippen molar-refractivity contribution in [3.63, 3.8) is 0 Å². The van der Waals surface area contributed by atoms with Gasteiger partial charge < -0.3 is 14.7 Å². The van der Waals surface area contributed by atoms with Crippen LogP contribution in [0.5, 0.6) is 0 Å². The van der Waals surface area contributed by atoms with Crippen molar-refractivity contribution in [3.05, 3.63) is 40.4 Å². The summed E-state index contributed by atoms with van der Waals surface area (Å²) >= 11 is 1.83. The van der Waals surface area contributed by atoms with Gasteiger partial charge in [0.15, 0.2) is 5.96 Å². The van der Waals surface area contributed by atoms with Crippen molar-refractivity contribution in [2.75, 3.05) is 39.3 Å². The first kappa shape index (κ1) is 22.2. The van der Waals surface area contributed by atoms with Gasteiger partial charge >= 0.3 is 0 Å². The molecule has 0 spiro atoms. The predicted molar refractivity (Wildman–Crippen MR) is 122 cm³/mol. The maximum atomic E-state index is 4.92. The number of halogens is 1. The topological polar surface area (TPSA) is 56.9 Å². The first-order chi connectivity index (χ1) is 12.7. The lowest BCUT2D eigenvalue weighted by atomic mass is 10.1. The van der Waals surface area contributed by atoms with E-state index in [2.05, 4.69) is 51.6 Å². The number of nitrogens with one attached hydrogen (secondary N) is 1. The second kappa shape index (κ2) is 11.7. The smallest absolute Gasteiger partial charge is 0.194 e. The molecule has 0 aliphatic carbocycles. The molecule has 8 heteroatoms. The van der Waals surface area contributed by atoms with Crippen LogP contribution < -0.4 is 5.32 Å². The van der Waals surface area contributed by atoms with Gasteiger partial charge in [0.05, 0.1) is 5.69 Å². The Hall–Kier alpha value is -1.13. The van der Waals surface area contributed by atoms with Gasteiger partial charge in [-0.15, -0.1) is 35.3 Å². The van der Waals surface area contributed by atoms with Gasteiger partial charge in [-0.2, -0.15) is 0 Å². The molecule has 0 amide bonds. The minimum absolute atomic E-state index is 0. The van der Waals surface area contributed by atoms with Crippen LogP contribution in [0.15, 0.2) is 39.4 Å². The van der Waals surface area contributed by atoms with E-state index in [9.17, 15) is 0 Å². The zero-order valence-corrected chi connectivity index (χ0v) is 19.3. The second-order valence-electron chi connectivity index (χ2n) is 6.84. The number of aromatic nitrogens is 1. The van der Waals surface area contributed by atoms with Gasteiger partial charge in [-0.05, 0) is 30.7 Å². The van der Waals surface area contributed by atoms with Crippen LogP contribution in [-0.4, -0.2) is 60.2 Å². The number of aliphatic imine (C=N–C) groups is 1. The Labute approximate surface area is 183 Å². The highest BCUT2D eigenvalue weighted by atomic mass is 127. The van der Waals surface area contributed by atoms with Gasteiger partial charge in [0.1, 0.15) is 6.26 Å². The Morgan fingerprint density at radius 3 is 2.78 bits per heavy atom. The van der Waals surface area contributed by atoms with Gasteiger partial charge in [-0.25, -0.2) is 0 Å². The number of nitrogens with zero attached hydrogens (tertiary/aromatic N) is 4. The molecule has 0 radical (unpaired) electrons. The molecule has 3 heterocycles. The number of hydrogen-bond acceptors (Lipinski definition) is 5. The standard InChI is InChI=1S/C19H29N5OS.HI/c1-3-20-19(21-14-16(2)13-18-5-4-12-26-18)24-9-7-23(8-10-24)15-17-6-11-25-22-17;/h4-6,11-12,16H,3,7-10,13-15H2,1-2H3,(H,20,21);1H. The minimum Gasteiger partial charge on any atom is -0.364 e. The number of thiophene rings is 1. The van der Waals surface area contributed by atoms with Crippen LogP contribution in [0.3, 0.4) is 0 Å². The fourth-order valence-corrected chi connectivity index (χ4v) is 4.04. The van der Waals surface area contributed by atoms with Crippen molar-refractivity contribution < 1.29 is 4.52 Å². The highest BCUT2D eigenvalue weighted by molar-refractivity contribution is 14.0. The molecular weight excluding hydrogens is 473 g/mol. The molecular formula is C19H30IN5OS. The van der Waals surface area contributed by atoms with Gasteiger partial charge in [-0.1, -0.05) is 18.1 Å². The van der Waals surface area contributed by atoms with Crippen LogP contribution in [-0.2, 0) is 13.0 Å². The van der Waals surface area contributed by atoms with Crippen LogP contribution in [0.4, 0.5) is 0 Å². The Bertz CT molecular complexity index is 654. The summed E-state index contributed by atoms with van der Waals surface area (Å²) in [6.45, 7) is 11.0. The van der Waals surface area contributed by atoms with E-state index < -0.39 is 0 Å². The largest absolute Gasteiger partial charge is 0.364 e. The molecule has 1 unspecified atom stereocenters. The summed E-state index contributed by atoms with van der Waals surface area (Å²) in [5, 5.41) is 9.61. The minimum atomic E-state index is 0. The van der Waals surface area contributed by atoms with E-state index in [4.69, 9.17) is 9.52 Å². The fraction of sp³-hybridized carbons (Fsp3) is 0.579. The van der Waals surface area contributed by atoms with E-state index in [1.54, 1.807) is 6.26 Å². The normalized spacial score (nSPS) is 16.8. The van der Waals surface area contributed by atoms with E-state index in [-0.39, 0.29) is 24.0 Å². The Balaban J connectivity index is 0.00000261. The summed E-state index contributed by atoms with van der Waals surface area (Å²) in [7, 11) is 0. The van der Waals surface area contributed by atoms with Crippen LogP contribution >= 0.6 is 35.3 Å². The molecule has 2 aromatic rings. The molecule has 1 atom stereocenters. The molecule has 1 N–H and O–H groups in total. The molecule has 27 heavy (non-hydrogen) atoms. The van der Waals surface area contributed by atoms with Crippen LogP contribution in [0.25, 0.3) is 0 Å². The van der Waals surface area contributed by atoms with E-state index in [0.717, 1.165) is 63.9 Å². The summed E-state index contributed by atoms with van der Waals surface area (Å²) in [6.07, 6.45) is 2.74. The molecule has 1 aliphatic heterocycles. The number of hydrogen-bond donors (Lipinski definition) is 1. The van der Waals surface area contributed by atoms with E-state index >= 15 is 0 Å². The molecule has 0 saturated carbocycles. The zero-order valence-electron chi connectivity index (χ0n) is 16.1. The fourth-order valence-electron chi connectivity index (χ4n) is 3.17. The van der Waals surface area contributed by atoms with Crippen molar-refractivity contribution in [3.8, 4) is 0 Å². The Kier molecular flexibility index (Phi) is 9.57. The highest BCUT2D eigenvalue weighted by Gasteiger charge is 2.20. The van der Waals surface area contributed by atoms with E-state index in [1.165, 1.54) is 4.88 Å². The average molecular weight is 503 g/mol. The van der Waals surface area contributed by atoms with E-state index in [0.29, 0.717) is 5.92 Å². The second-order valence-corrected chi connectivity index (χ2v) is 7.87. The lowest BCUT2D eigenvalue weighted by Crippen LogP contribution is -2.52. The maximum Gasteiger partial charge on any atom is 0.194 e. The first-order valence-electron chi connectivity index (χ1n) is 9.42. The molecule has 0 aromatic carbocycles. The molecule has 1 saturated heterocycles. The summed E-state index contributed by atoms with van der Waals surface area (Å²) in [5.74, 6) is 1.60. The molecule has 2 aromatic heterocycles. The van der Waals surface area contributed by atoms with Gasteiger partial charge in [0, 0.05) is 56.8 Å². The zero-order chi connectivity index (χ0) is 18.2. The molecule has 1 fully saturated rings. The summed E-state index contributed by atoms with van der Waals surface area (Å²) in [6, 6.07) is 6.27. The third-order valence-corrected chi connectivity index (χ3v) is 5.46. The SMILES string of the molecule is CCNC(=NCC(C)Cc1cccs1)N1CCN(Cc2ccon2)CC1.I. The van der Waals surface area contributed by atoms with Gasteiger partial charge in [0.2, 0.25) is 0 Å². The summed E-state index contributed by atoms with van der Waals surface area (Å²) < 4.78 is 4.92. The van der Waals surface area contributed by atoms with Crippen molar-refractivity contribution in [2.45, 2.75) is 26.8 Å². The maximum absolute atomic E-state index is 4.92. The quantitative estimate of drug-likeness (QED) is 0.357. The number of piperazine rings is 1. The number of rotatable bonds is 7.